The molecule has 7 heteroatoms. The fourth-order valence-corrected chi connectivity index (χ4v) is 5.45. The van der Waals surface area contributed by atoms with Crippen molar-refractivity contribution in [2.75, 3.05) is 6.61 Å². The molecule has 4 aliphatic rings. The number of fused-ring (bicyclic) bond motifs is 3. The largest absolute Gasteiger partial charge is 0.378 e. The van der Waals surface area contributed by atoms with Crippen LogP contribution in [0.5, 0.6) is 0 Å². The summed E-state index contributed by atoms with van der Waals surface area (Å²) in [5.74, 6) is -0.273. The molecular formula is C21H26FN3O3. The lowest BCUT2D eigenvalue weighted by molar-refractivity contribution is -0.152. The van der Waals surface area contributed by atoms with Crippen LogP contribution in [0.3, 0.4) is 0 Å². The lowest BCUT2D eigenvalue weighted by atomic mass is 9.95. The van der Waals surface area contributed by atoms with Crippen molar-refractivity contribution in [1.29, 1.82) is 0 Å². The van der Waals surface area contributed by atoms with Crippen molar-refractivity contribution in [2.45, 2.75) is 76.0 Å². The SMILES string of the molecule is O=C([C@H]1C2CC([C@@H](F)C2)N1C(=O)CC1CCCCO1)N1Cc2cccnc2C1. The number of carbonyl (C=O) groups excluding carboxylic acids is 2. The van der Waals surface area contributed by atoms with Crippen molar-refractivity contribution < 1.29 is 18.7 Å². The Kier molecular flexibility index (Phi) is 4.57. The first-order valence-electron chi connectivity index (χ1n) is 10.4. The highest BCUT2D eigenvalue weighted by atomic mass is 19.1. The van der Waals surface area contributed by atoms with Gasteiger partial charge in [-0.3, -0.25) is 14.6 Å². The van der Waals surface area contributed by atoms with Gasteiger partial charge in [-0.05, 0) is 49.7 Å². The Morgan fingerprint density at radius 1 is 1.25 bits per heavy atom. The fourth-order valence-electron chi connectivity index (χ4n) is 5.45. The Labute approximate surface area is 164 Å². The molecule has 1 saturated carbocycles. The molecule has 28 heavy (non-hydrogen) atoms. The Balaban J connectivity index is 1.33. The number of hydrogen-bond donors (Lipinski definition) is 0. The topological polar surface area (TPSA) is 62.7 Å². The van der Waals surface area contributed by atoms with Gasteiger partial charge in [0.1, 0.15) is 12.2 Å². The van der Waals surface area contributed by atoms with Crippen LogP contribution in [-0.4, -0.2) is 57.6 Å². The number of likely N-dealkylation sites (tertiary alicyclic amines) is 1. The van der Waals surface area contributed by atoms with Crippen LogP contribution in [0.2, 0.25) is 0 Å². The Hall–Kier alpha value is -2.02. The van der Waals surface area contributed by atoms with Crippen molar-refractivity contribution >= 4 is 11.8 Å². The van der Waals surface area contributed by atoms with Crippen molar-refractivity contribution in [3.05, 3.63) is 29.6 Å². The number of nitrogens with zero attached hydrogens (tertiary/aromatic N) is 3. The van der Waals surface area contributed by atoms with Crippen LogP contribution in [-0.2, 0) is 27.4 Å². The molecule has 150 valence electrons. The first-order valence-corrected chi connectivity index (χ1v) is 10.4. The summed E-state index contributed by atoms with van der Waals surface area (Å²) in [5.41, 5.74) is 1.96. The van der Waals surface area contributed by atoms with E-state index < -0.39 is 18.3 Å². The Morgan fingerprint density at radius 2 is 2.14 bits per heavy atom. The van der Waals surface area contributed by atoms with Gasteiger partial charge in [0.15, 0.2) is 0 Å². The number of alkyl halides is 1. The molecule has 2 bridgehead atoms. The molecule has 1 aliphatic carbocycles. The number of piperidine rings is 1. The van der Waals surface area contributed by atoms with Gasteiger partial charge in [-0.15, -0.1) is 0 Å². The minimum absolute atomic E-state index is 0.0599. The summed E-state index contributed by atoms with van der Waals surface area (Å²) in [5, 5.41) is 0. The van der Waals surface area contributed by atoms with E-state index in [1.807, 2.05) is 12.1 Å². The third-order valence-corrected chi connectivity index (χ3v) is 6.81. The zero-order chi connectivity index (χ0) is 19.3. The van der Waals surface area contributed by atoms with Crippen LogP contribution in [0.4, 0.5) is 4.39 Å². The predicted octanol–water partition coefficient (Wildman–Crippen LogP) is 2.21. The number of pyridine rings is 1. The quantitative estimate of drug-likeness (QED) is 0.798. The number of aromatic nitrogens is 1. The van der Waals surface area contributed by atoms with Gasteiger partial charge in [0.25, 0.3) is 0 Å². The summed E-state index contributed by atoms with van der Waals surface area (Å²) in [7, 11) is 0. The molecule has 5 rings (SSSR count). The monoisotopic (exact) mass is 387 g/mol. The van der Waals surface area contributed by atoms with Gasteiger partial charge >= 0.3 is 0 Å². The van der Waals surface area contributed by atoms with Crippen LogP contribution in [0.15, 0.2) is 18.3 Å². The molecule has 6 nitrogen and oxygen atoms in total. The van der Waals surface area contributed by atoms with E-state index in [2.05, 4.69) is 4.98 Å². The van der Waals surface area contributed by atoms with Crippen LogP contribution in [0.1, 0.15) is 49.8 Å². The van der Waals surface area contributed by atoms with Crippen molar-refractivity contribution in [3.8, 4) is 0 Å². The molecule has 5 atom stereocenters. The highest BCUT2D eigenvalue weighted by Gasteiger charge is 2.57. The minimum atomic E-state index is -1.03. The van der Waals surface area contributed by atoms with E-state index in [0.29, 0.717) is 32.5 Å². The molecule has 3 fully saturated rings. The number of hydrogen-bond acceptors (Lipinski definition) is 4. The van der Waals surface area contributed by atoms with Crippen molar-refractivity contribution in [3.63, 3.8) is 0 Å². The van der Waals surface area contributed by atoms with Crippen LogP contribution in [0, 0.1) is 5.92 Å². The maximum atomic E-state index is 14.5. The summed E-state index contributed by atoms with van der Waals surface area (Å²) in [6.45, 7) is 1.66. The Morgan fingerprint density at radius 3 is 2.93 bits per heavy atom. The van der Waals surface area contributed by atoms with E-state index in [9.17, 15) is 14.0 Å². The molecule has 0 radical (unpaired) electrons. The van der Waals surface area contributed by atoms with E-state index in [1.165, 1.54) is 0 Å². The average molecular weight is 387 g/mol. The molecule has 0 spiro atoms. The van der Waals surface area contributed by atoms with Gasteiger partial charge in [0, 0.05) is 19.3 Å². The second-order valence-electron chi connectivity index (χ2n) is 8.56. The molecule has 3 unspecified atom stereocenters. The molecule has 3 aliphatic heterocycles. The van der Waals surface area contributed by atoms with Crippen LogP contribution >= 0.6 is 0 Å². The smallest absolute Gasteiger partial charge is 0.246 e. The molecule has 2 saturated heterocycles. The number of halogens is 1. The third kappa shape index (κ3) is 3.00. The molecule has 4 heterocycles. The average Bonchev–Trinajstić information content (AvgIpc) is 3.39. The van der Waals surface area contributed by atoms with Crippen LogP contribution < -0.4 is 0 Å². The second kappa shape index (κ2) is 7.10. The first kappa shape index (κ1) is 18.0. The molecule has 1 aromatic rings. The van der Waals surface area contributed by atoms with E-state index in [1.54, 1.807) is 16.0 Å². The standard InChI is InChI=1S/C21H26FN3O3/c22-16-8-14-9-18(16)25(19(26)10-15-5-1-2-7-28-15)20(14)21(27)24-11-13-4-3-6-23-17(13)12-24/h3-4,6,14-16,18,20H,1-2,5,7-12H2/t14?,15?,16-,18?,20+/m0/s1. The van der Waals surface area contributed by atoms with Gasteiger partial charge in [-0.25, -0.2) is 4.39 Å². The summed E-state index contributed by atoms with van der Waals surface area (Å²) in [4.78, 5) is 34.2. The lowest BCUT2D eigenvalue weighted by Gasteiger charge is -2.38. The van der Waals surface area contributed by atoms with Gasteiger partial charge in [0.2, 0.25) is 11.8 Å². The van der Waals surface area contributed by atoms with Gasteiger partial charge < -0.3 is 14.5 Å². The highest BCUT2D eigenvalue weighted by molar-refractivity contribution is 5.89. The molecule has 2 amide bonds. The normalized spacial score (nSPS) is 34.0. The minimum Gasteiger partial charge on any atom is -0.378 e. The van der Waals surface area contributed by atoms with Crippen molar-refractivity contribution in [2.24, 2.45) is 5.92 Å². The first-order chi connectivity index (χ1) is 13.6. The molecular weight excluding hydrogens is 361 g/mol. The van der Waals surface area contributed by atoms with Gasteiger partial charge in [-0.1, -0.05) is 6.07 Å². The molecule has 1 aromatic heterocycles. The second-order valence-corrected chi connectivity index (χ2v) is 8.56. The summed E-state index contributed by atoms with van der Waals surface area (Å²) in [6.07, 6.45) is 4.76. The highest BCUT2D eigenvalue weighted by Crippen LogP contribution is 2.45. The zero-order valence-electron chi connectivity index (χ0n) is 15.9. The Bertz CT molecular complexity index is 757. The maximum absolute atomic E-state index is 14.5. The lowest BCUT2D eigenvalue weighted by Crippen LogP contribution is -2.56. The van der Waals surface area contributed by atoms with E-state index in [0.717, 1.165) is 30.5 Å². The summed E-state index contributed by atoms with van der Waals surface area (Å²) < 4.78 is 20.2. The van der Waals surface area contributed by atoms with Crippen molar-refractivity contribution in [1.82, 2.24) is 14.8 Å². The molecule has 0 N–H and O–H groups in total. The maximum Gasteiger partial charge on any atom is 0.246 e. The number of amides is 2. The predicted molar refractivity (Wildman–Crippen MR) is 98.7 cm³/mol. The van der Waals surface area contributed by atoms with Crippen LogP contribution in [0.25, 0.3) is 0 Å². The molecule has 0 aromatic carbocycles. The number of carbonyl (C=O) groups is 2. The van der Waals surface area contributed by atoms with E-state index >= 15 is 0 Å². The van der Waals surface area contributed by atoms with Gasteiger partial charge in [0.05, 0.1) is 30.8 Å². The third-order valence-electron chi connectivity index (χ3n) is 6.81. The zero-order valence-corrected chi connectivity index (χ0v) is 15.9. The summed E-state index contributed by atoms with van der Waals surface area (Å²) >= 11 is 0. The fraction of sp³-hybridized carbons (Fsp3) is 0.667. The van der Waals surface area contributed by atoms with E-state index in [-0.39, 0.29) is 30.3 Å². The van der Waals surface area contributed by atoms with Gasteiger partial charge in [-0.2, -0.15) is 0 Å². The van der Waals surface area contributed by atoms with E-state index in [4.69, 9.17) is 4.74 Å². The number of rotatable bonds is 3. The summed E-state index contributed by atoms with van der Waals surface area (Å²) in [6, 6.07) is 2.86. The number of ether oxygens (including phenoxy) is 1.